The summed E-state index contributed by atoms with van der Waals surface area (Å²) in [4.78, 5) is 37.4. The molecule has 0 saturated heterocycles. The molecule has 0 unspecified atom stereocenters. The average molecular weight is 369 g/mol. The number of nitrogens with one attached hydrogen (secondary N) is 1. The van der Waals surface area contributed by atoms with Gasteiger partial charge in [-0.05, 0) is 38.0 Å². The SMILES string of the molecule is CCCN(CC(=O)Nc1ccccc1C)C(=O)c1cccc([N+](=O)[O-])c1C. The van der Waals surface area contributed by atoms with E-state index in [0.29, 0.717) is 24.2 Å². The van der Waals surface area contributed by atoms with Crippen molar-refractivity contribution in [2.45, 2.75) is 27.2 Å². The number of carbonyl (C=O) groups is 2. The minimum Gasteiger partial charge on any atom is -0.329 e. The molecule has 0 fully saturated rings. The number of amides is 2. The Morgan fingerprint density at radius 3 is 2.44 bits per heavy atom. The van der Waals surface area contributed by atoms with Gasteiger partial charge >= 0.3 is 0 Å². The second kappa shape index (κ2) is 8.93. The van der Waals surface area contributed by atoms with E-state index in [1.165, 1.54) is 17.0 Å². The Labute approximate surface area is 158 Å². The van der Waals surface area contributed by atoms with Crippen molar-refractivity contribution in [2.75, 3.05) is 18.4 Å². The van der Waals surface area contributed by atoms with Crippen LogP contribution in [0.5, 0.6) is 0 Å². The van der Waals surface area contributed by atoms with Crippen LogP contribution in [0.15, 0.2) is 42.5 Å². The Balaban J connectivity index is 2.20. The number of hydrogen-bond acceptors (Lipinski definition) is 4. The lowest BCUT2D eigenvalue weighted by atomic mass is 10.1. The highest BCUT2D eigenvalue weighted by Crippen LogP contribution is 2.22. The van der Waals surface area contributed by atoms with E-state index in [4.69, 9.17) is 0 Å². The average Bonchev–Trinajstić information content (AvgIpc) is 2.62. The van der Waals surface area contributed by atoms with Crippen molar-refractivity contribution in [3.63, 3.8) is 0 Å². The van der Waals surface area contributed by atoms with Crippen LogP contribution in [0.4, 0.5) is 11.4 Å². The molecule has 2 rings (SSSR count). The van der Waals surface area contributed by atoms with Gasteiger partial charge in [0.25, 0.3) is 11.6 Å². The standard InChI is InChI=1S/C20H23N3O4/c1-4-12-22(13-19(24)21-17-10-6-5-8-14(17)2)20(25)16-9-7-11-18(15(16)3)23(26)27/h5-11H,4,12-13H2,1-3H3,(H,21,24). The maximum absolute atomic E-state index is 12.9. The molecule has 142 valence electrons. The van der Waals surface area contributed by atoms with E-state index in [1.807, 2.05) is 32.0 Å². The van der Waals surface area contributed by atoms with Gasteiger partial charge in [-0.15, -0.1) is 0 Å². The highest BCUT2D eigenvalue weighted by molar-refractivity contribution is 6.00. The minimum atomic E-state index is -0.513. The lowest BCUT2D eigenvalue weighted by Gasteiger charge is -2.22. The van der Waals surface area contributed by atoms with Crippen LogP contribution < -0.4 is 5.32 Å². The molecule has 0 heterocycles. The Morgan fingerprint density at radius 1 is 1.11 bits per heavy atom. The number of carbonyl (C=O) groups excluding carboxylic acids is 2. The molecule has 2 aromatic rings. The summed E-state index contributed by atoms with van der Waals surface area (Å²) in [5.41, 5.74) is 2.04. The van der Waals surface area contributed by atoms with Gasteiger partial charge < -0.3 is 10.2 Å². The van der Waals surface area contributed by atoms with Crippen molar-refractivity contribution in [3.8, 4) is 0 Å². The molecule has 0 saturated carbocycles. The second-order valence-electron chi connectivity index (χ2n) is 6.30. The quantitative estimate of drug-likeness (QED) is 0.595. The normalized spacial score (nSPS) is 10.3. The summed E-state index contributed by atoms with van der Waals surface area (Å²) in [6.07, 6.45) is 0.664. The van der Waals surface area contributed by atoms with Gasteiger partial charge in [-0.3, -0.25) is 19.7 Å². The van der Waals surface area contributed by atoms with Gasteiger partial charge in [-0.25, -0.2) is 0 Å². The molecule has 0 bridgehead atoms. The molecule has 0 spiro atoms. The molecule has 7 heteroatoms. The molecule has 27 heavy (non-hydrogen) atoms. The first-order chi connectivity index (χ1) is 12.8. The molecule has 0 radical (unpaired) electrons. The molecule has 2 aromatic carbocycles. The summed E-state index contributed by atoms with van der Waals surface area (Å²) in [6, 6.07) is 11.8. The predicted octanol–water partition coefficient (Wildman–Crippen LogP) is 3.70. The Kier molecular flexibility index (Phi) is 6.65. The number of nitro benzene ring substituents is 1. The summed E-state index contributed by atoms with van der Waals surface area (Å²) in [5.74, 6) is -0.702. The van der Waals surface area contributed by atoms with Gasteiger partial charge in [0.1, 0.15) is 6.54 Å². The van der Waals surface area contributed by atoms with E-state index < -0.39 is 10.8 Å². The molecule has 0 aliphatic carbocycles. The van der Waals surface area contributed by atoms with Crippen LogP contribution in [0.2, 0.25) is 0 Å². The van der Waals surface area contributed by atoms with E-state index in [0.717, 1.165) is 5.56 Å². The van der Waals surface area contributed by atoms with Gasteiger partial charge in [0.15, 0.2) is 0 Å². The zero-order valence-electron chi connectivity index (χ0n) is 15.7. The van der Waals surface area contributed by atoms with Crippen LogP contribution in [0.3, 0.4) is 0 Å². The third-order valence-corrected chi connectivity index (χ3v) is 4.27. The molecule has 0 aliphatic rings. The van der Waals surface area contributed by atoms with E-state index in [1.54, 1.807) is 19.1 Å². The van der Waals surface area contributed by atoms with E-state index in [9.17, 15) is 19.7 Å². The van der Waals surface area contributed by atoms with Crippen molar-refractivity contribution < 1.29 is 14.5 Å². The monoisotopic (exact) mass is 369 g/mol. The third-order valence-electron chi connectivity index (χ3n) is 4.27. The van der Waals surface area contributed by atoms with Crippen LogP contribution in [0.1, 0.15) is 34.8 Å². The largest absolute Gasteiger partial charge is 0.329 e. The smallest absolute Gasteiger partial charge is 0.273 e. The van der Waals surface area contributed by atoms with E-state index >= 15 is 0 Å². The number of aryl methyl sites for hydroxylation is 1. The highest BCUT2D eigenvalue weighted by Gasteiger charge is 2.23. The van der Waals surface area contributed by atoms with Gasteiger partial charge in [-0.1, -0.05) is 31.2 Å². The first kappa shape index (κ1) is 20.1. The van der Waals surface area contributed by atoms with Crippen LogP contribution >= 0.6 is 0 Å². The molecule has 2 amide bonds. The van der Waals surface area contributed by atoms with Crippen molar-refractivity contribution in [2.24, 2.45) is 0 Å². The van der Waals surface area contributed by atoms with E-state index in [2.05, 4.69) is 5.32 Å². The van der Waals surface area contributed by atoms with Gasteiger partial charge in [0.05, 0.1) is 4.92 Å². The summed E-state index contributed by atoms with van der Waals surface area (Å²) >= 11 is 0. The number of hydrogen-bond donors (Lipinski definition) is 1. The van der Waals surface area contributed by atoms with Crippen molar-refractivity contribution in [3.05, 3.63) is 69.3 Å². The molecule has 0 aromatic heterocycles. The second-order valence-corrected chi connectivity index (χ2v) is 6.30. The lowest BCUT2D eigenvalue weighted by molar-refractivity contribution is -0.385. The van der Waals surface area contributed by atoms with Crippen LogP contribution in [0, 0.1) is 24.0 Å². The fourth-order valence-electron chi connectivity index (χ4n) is 2.82. The first-order valence-electron chi connectivity index (χ1n) is 8.74. The van der Waals surface area contributed by atoms with Gasteiger partial charge in [0, 0.05) is 29.4 Å². The molecule has 1 N–H and O–H groups in total. The zero-order valence-corrected chi connectivity index (χ0v) is 15.7. The molecule has 0 atom stereocenters. The first-order valence-corrected chi connectivity index (χ1v) is 8.74. The maximum Gasteiger partial charge on any atom is 0.273 e. The van der Waals surface area contributed by atoms with Gasteiger partial charge in [0.2, 0.25) is 5.91 Å². The van der Waals surface area contributed by atoms with Crippen LogP contribution in [-0.4, -0.2) is 34.7 Å². The Morgan fingerprint density at radius 2 is 1.81 bits per heavy atom. The fourth-order valence-corrected chi connectivity index (χ4v) is 2.82. The van der Waals surface area contributed by atoms with Crippen molar-refractivity contribution >= 4 is 23.2 Å². The highest BCUT2D eigenvalue weighted by atomic mass is 16.6. The topological polar surface area (TPSA) is 92.6 Å². The molecular weight excluding hydrogens is 346 g/mol. The predicted molar refractivity (Wildman–Crippen MR) is 104 cm³/mol. The number of nitro groups is 1. The third kappa shape index (κ3) is 4.91. The number of rotatable bonds is 7. The Hall–Kier alpha value is -3.22. The van der Waals surface area contributed by atoms with Gasteiger partial charge in [-0.2, -0.15) is 0 Å². The summed E-state index contributed by atoms with van der Waals surface area (Å²) < 4.78 is 0. The minimum absolute atomic E-state index is 0.110. The molecular formula is C20H23N3O4. The van der Waals surface area contributed by atoms with E-state index in [-0.39, 0.29) is 23.7 Å². The summed E-state index contributed by atoms with van der Waals surface area (Å²) in [6.45, 7) is 5.59. The van der Waals surface area contributed by atoms with Crippen LogP contribution in [-0.2, 0) is 4.79 Å². The molecule has 0 aliphatic heterocycles. The zero-order chi connectivity index (χ0) is 20.0. The number of nitrogens with zero attached hydrogens (tertiary/aromatic N) is 2. The number of anilines is 1. The maximum atomic E-state index is 12.9. The van der Waals surface area contributed by atoms with Crippen molar-refractivity contribution in [1.29, 1.82) is 0 Å². The number of para-hydroxylation sites is 1. The fraction of sp³-hybridized carbons (Fsp3) is 0.300. The number of benzene rings is 2. The summed E-state index contributed by atoms with van der Waals surface area (Å²) in [7, 11) is 0. The summed E-state index contributed by atoms with van der Waals surface area (Å²) in [5, 5.41) is 13.9. The van der Waals surface area contributed by atoms with Crippen LogP contribution in [0.25, 0.3) is 0 Å². The lowest BCUT2D eigenvalue weighted by Crippen LogP contribution is -2.39. The Bertz CT molecular complexity index is 864. The molecule has 7 nitrogen and oxygen atoms in total. The van der Waals surface area contributed by atoms with Crippen molar-refractivity contribution in [1.82, 2.24) is 4.90 Å².